The summed E-state index contributed by atoms with van der Waals surface area (Å²) in [5.41, 5.74) is 2.72. The van der Waals surface area contributed by atoms with Gasteiger partial charge in [0, 0.05) is 27.7 Å². The van der Waals surface area contributed by atoms with Gasteiger partial charge in [0.2, 0.25) is 11.8 Å². The summed E-state index contributed by atoms with van der Waals surface area (Å²) in [7, 11) is -4.18. The number of nitrogens with zero attached hydrogens (tertiary/aromatic N) is 2. The van der Waals surface area contributed by atoms with E-state index in [2.05, 4.69) is 5.32 Å². The van der Waals surface area contributed by atoms with Crippen molar-refractivity contribution in [3.8, 4) is 0 Å². The molecule has 0 unspecified atom stereocenters. The van der Waals surface area contributed by atoms with E-state index in [0.29, 0.717) is 26.9 Å². The Bertz CT molecular complexity index is 1530. The van der Waals surface area contributed by atoms with Gasteiger partial charge in [-0.25, -0.2) is 8.42 Å². The van der Waals surface area contributed by atoms with Crippen molar-refractivity contribution in [2.45, 2.75) is 77.9 Å². The van der Waals surface area contributed by atoms with E-state index in [9.17, 15) is 18.0 Å². The van der Waals surface area contributed by atoms with Crippen LogP contribution in [0.2, 0.25) is 10.0 Å². The largest absolute Gasteiger partial charge is 0.350 e. The highest BCUT2D eigenvalue weighted by molar-refractivity contribution is 7.92. The van der Waals surface area contributed by atoms with Crippen LogP contribution in [0.5, 0.6) is 0 Å². The second kappa shape index (κ2) is 13.5. The van der Waals surface area contributed by atoms with Crippen molar-refractivity contribution in [2.75, 3.05) is 10.8 Å². The van der Waals surface area contributed by atoms with Gasteiger partial charge in [-0.05, 0) is 89.4 Å². The molecule has 0 saturated carbocycles. The van der Waals surface area contributed by atoms with E-state index in [1.54, 1.807) is 50.2 Å². The zero-order valence-corrected chi connectivity index (χ0v) is 27.5. The van der Waals surface area contributed by atoms with Crippen molar-refractivity contribution in [3.05, 3.63) is 93.0 Å². The number of hydrogen-bond acceptors (Lipinski definition) is 4. The third kappa shape index (κ3) is 8.06. The van der Waals surface area contributed by atoms with Gasteiger partial charge in [0.25, 0.3) is 10.0 Å². The van der Waals surface area contributed by atoms with Gasteiger partial charge in [-0.15, -0.1) is 0 Å². The lowest BCUT2D eigenvalue weighted by Gasteiger charge is -2.35. The van der Waals surface area contributed by atoms with Gasteiger partial charge in [0.1, 0.15) is 12.6 Å². The van der Waals surface area contributed by atoms with Crippen molar-refractivity contribution in [1.82, 2.24) is 10.2 Å². The van der Waals surface area contributed by atoms with E-state index in [1.165, 1.54) is 17.0 Å². The maximum atomic E-state index is 14.3. The molecule has 1 N–H and O–H groups in total. The van der Waals surface area contributed by atoms with Crippen molar-refractivity contribution in [2.24, 2.45) is 0 Å². The van der Waals surface area contributed by atoms with E-state index < -0.39 is 34.1 Å². The number of sulfonamides is 1. The fourth-order valence-corrected chi connectivity index (χ4v) is 6.55. The van der Waals surface area contributed by atoms with Gasteiger partial charge in [-0.3, -0.25) is 13.9 Å². The third-order valence-electron chi connectivity index (χ3n) is 6.80. The number of hydrogen-bond donors (Lipinski definition) is 1. The lowest BCUT2D eigenvalue weighted by Crippen LogP contribution is -2.55. The third-order valence-corrected chi connectivity index (χ3v) is 9.28. The minimum absolute atomic E-state index is 0.0556. The molecule has 0 radical (unpaired) electrons. The number of aryl methyl sites for hydroxylation is 3. The molecule has 10 heteroatoms. The fraction of sp³-hybridized carbons (Fsp3) is 0.375. The van der Waals surface area contributed by atoms with Crippen LogP contribution in [0.15, 0.2) is 65.6 Å². The maximum Gasteiger partial charge on any atom is 0.264 e. The SMILES string of the molecule is CC[C@@H](C(=O)NC(C)(C)C)N(Cc1c(Cl)cccc1Cl)C(=O)CN(c1cc(C)ccc1C)S(=O)(=O)c1ccc(C)cc1. The number of carbonyl (C=O) groups excluding carboxylic acids is 2. The Morgan fingerprint density at radius 2 is 1.48 bits per heavy atom. The molecule has 0 bridgehead atoms. The standard InChI is InChI=1S/C32H39Cl2N3O4S/c1-8-28(31(39)35-32(5,6)7)36(19-25-26(33)10-9-11-27(25)34)30(38)20-37(29-18-22(3)12-15-23(29)4)42(40,41)24-16-13-21(2)14-17-24/h9-18,28H,8,19-20H2,1-7H3,(H,35,39)/t28-/m0/s1. The molecule has 0 aliphatic carbocycles. The van der Waals surface area contributed by atoms with Crippen LogP contribution in [-0.2, 0) is 26.2 Å². The molecular weight excluding hydrogens is 593 g/mol. The molecule has 0 fully saturated rings. The Hall–Kier alpha value is -3.07. The monoisotopic (exact) mass is 631 g/mol. The summed E-state index contributed by atoms with van der Waals surface area (Å²) in [6, 6.07) is 16.0. The van der Waals surface area contributed by atoms with Gasteiger partial charge in [0.05, 0.1) is 10.6 Å². The Morgan fingerprint density at radius 3 is 2.02 bits per heavy atom. The normalized spacial score (nSPS) is 12.5. The van der Waals surface area contributed by atoms with Crippen LogP contribution < -0.4 is 9.62 Å². The number of anilines is 1. The molecule has 3 aromatic carbocycles. The minimum Gasteiger partial charge on any atom is -0.350 e. The molecule has 226 valence electrons. The molecule has 7 nitrogen and oxygen atoms in total. The summed E-state index contributed by atoms with van der Waals surface area (Å²) in [6.45, 7) is 12.3. The van der Waals surface area contributed by atoms with Gasteiger partial charge in [-0.1, -0.05) is 66.0 Å². The zero-order chi connectivity index (χ0) is 31.4. The van der Waals surface area contributed by atoms with E-state index in [4.69, 9.17) is 23.2 Å². The van der Waals surface area contributed by atoms with Crippen LogP contribution in [0.4, 0.5) is 5.69 Å². The molecule has 0 aromatic heterocycles. The van der Waals surface area contributed by atoms with Crippen molar-refractivity contribution in [3.63, 3.8) is 0 Å². The highest BCUT2D eigenvalue weighted by Gasteiger charge is 2.35. The first-order chi connectivity index (χ1) is 19.5. The molecular formula is C32H39Cl2N3O4S. The van der Waals surface area contributed by atoms with Gasteiger partial charge >= 0.3 is 0 Å². The van der Waals surface area contributed by atoms with Crippen molar-refractivity contribution >= 4 is 50.7 Å². The molecule has 0 spiro atoms. The second-order valence-electron chi connectivity index (χ2n) is 11.5. The molecule has 0 aliphatic rings. The number of benzene rings is 3. The van der Waals surface area contributed by atoms with Gasteiger partial charge in [0.15, 0.2) is 0 Å². The minimum atomic E-state index is -4.18. The van der Waals surface area contributed by atoms with E-state index in [-0.39, 0.29) is 23.8 Å². The number of nitrogens with one attached hydrogen (secondary N) is 1. The smallest absolute Gasteiger partial charge is 0.264 e. The molecule has 3 aromatic rings. The number of carbonyl (C=O) groups is 2. The maximum absolute atomic E-state index is 14.3. The highest BCUT2D eigenvalue weighted by atomic mass is 35.5. The first-order valence-electron chi connectivity index (χ1n) is 13.8. The summed E-state index contributed by atoms with van der Waals surface area (Å²) in [5.74, 6) is -0.931. The van der Waals surface area contributed by atoms with Crippen LogP contribution >= 0.6 is 23.2 Å². The van der Waals surface area contributed by atoms with Gasteiger partial charge < -0.3 is 10.2 Å². The lowest BCUT2D eigenvalue weighted by atomic mass is 10.1. The van der Waals surface area contributed by atoms with E-state index in [1.807, 2.05) is 46.8 Å². The van der Waals surface area contributed by atoms with E-state index >= 15 is 0 Å². The van der Waals surface area contributed by atoms with Crippen LogP contribution in [0, 0.1) is 20.8 Å². The first-order valence-corrected chi connectivity index (χ1v) is 16.0. The highest BCUT2D eigenvalue weighted by Crippen LogP contribution is 2.30. The number of halogens is 2. The Balaban J connectivity index is 2.16. The molecule has 0 aliphatic heterocycles. The lowest BCUT2D eigenvalue weighted by molar-refractivity contribution is -0.141. The van der Waals surface area contributed by atoms with Crippen molar-refractivity contribution < 1.29 is 18.0 Å². The number of amides is 2. The number of rotatable bonds is 10. The molecule has 3 rings (SSSR count). The summed E-state index contributed by atoms with van der Waals surface area (Å²) in [4.78, 5) is 29.2. The van der Waals surface area contributed by atoms with Crippen LogP contribution in [-0.4, -0.2) is 43.3 Å². The van der Waals surface area contributed by atoms with Crippen molar-refractivity contribution in [1.29, 1.82) is 0 Å². The molecule has 42 heavy (non-hydrogen) atoms. The van der Waals surface area contributed by atoms with E-state index in [0.717, 1.165) is 15.4 Å². The summed E-state index contributed by atoms with van der Waals surface area (Å²) in [5, 5.41) is 3.63. The quantitative estimate of drug-likeness (QED) is 0.265. The Morgan fingerprint density at radius 1 is 0.905 bits per heavy atom. The predicted octanol–water partition coefficient (Wildman–Crippen LogP) is 6.84. The molecule has 1 atom stereocenters. The van der Waals surface area contributed by atoms with Crippen LogP contribution in [0.25, 0.3) is 0 Å². The topological polar surface area (TPSA) is 86.8 Å². The summed E-state index contributed by atoms with van der Waals surface area (Å²) < 4.78 is 29.4. The summed E-state index contributed by atoms with van der Waals surface area (Å²) in [6.07, 6.45) is 0.282. The average molecular weight is 633 g/mol. The predicted molar refractivity (Wildman–Crippen MR) is 171 cm³/mol. The Kier molecular flexibility index (Phi) is 10.7. The molecule has 2 amide bonds. The molecule has 0 heterocycles. The second-order valence-corrected chi connectivity index (χ2v) is 14.2. The molecule has 0 saturated heterocycles. The van der Waals surface area contributed by atoms with Crippen LogP contribution in [0.3, 0.4) is 0 Å². The summed E-state index contributed by atoms with van der Waals surface area (Å²) >= 11 is 13.0. The average Bonchev–Trinajstić information content (AvgIpc) is 2.89. The zero-order valence-electron chi connectivity index (χ0n) is 25.2. The fourth-order valence-electron chi connectivity index (χ4n) is 4.57. The van der Waals surface area contributed by atoms with Crippen LogP contribution in [0.1, 0.15) is 56.4 Å². The first kappa shape index (κ1) is 33.4. The van der Waals surface area contributed by atoms with Gasteiger partial charge in [-0.2, -0.15) is 0 Å². The Labute approximate surface area is 259 Å².